The summed E-state index contributed by atoms with van der Waals surface area (Å²) in [7, 11) is 0.271. The molecule has 6 nitrogen and oxygen atoms in total. The molecule has 162 valence electrons. The number of aromatic hydroxyl groups is 1. The quantitative estimate of drug-likeness (QED) is 0.540. The van der Waals surface area contributed by atoms with E-state index in [1.807, 2.05) is 36.4 Å². The second-order valence-corrected chi connectivity index (χ2v) is 8.96. The first-order valence-corrected chi connectivity index (χ1v) is 11.5. The van der Waals surface area contributed by atoms with Gasteiger partial charge in [0.25, 0.3) is 0 Å². The van der Waals surface area contributed by atoms with Gasteiger partial charge in [0.1, 0.15) is 10.8 Å². The molecular formula is C24H27N3O3S. The van der Waals surface area contributed by atoms with Gasteiger partial charge < -0.3 is 20.1 Å². The number of aryl methyl sites for hydroxylation is 1. The number of rotatable bonds is 7. The molecule has 0 saturated heterocycles. The summed E-state index contributed by atoms with van der Waals surface area (Å²) in [6.45, 7) is 6.26. The molecule has 0 bridgehead atoms. The molecule has 2 N–H and O–H groups in total. The molecular weight excluding hydrogens is 410 g/mol. The third kappa shape index (κ3) is 4.03. The number of nitrogens with one attached hydrogen (secondary N) is 1. The summed E-state index contributed by atoms with van der Waals surface area (Å²) in [4.78, 5) is 7.48. The Morgan fingerprint density at radius 1 is 1.16 bits per heavy atom. The third-order valence-electron chi connectivity index (χ3n) is 5.71. The molecule has 0 radical (unpaired) electrons. The number of fused-ring (bicyclic) bond motifs is 2. The number of methoxy groups -OCH3 is 1. The summed E-state index contributed by atoms with van der Waals surface area (Å²) in [6, 6.07) is 13.4. The lowest BCUT2D eigenvalue weighted by Crippen LogP contribution is -2.29. The van der Waals surface area contributed by atoms with Crippen molar-refractivity contribution in [2.24, 2.45) is 0 Å². The van der Waals surface area contributed by atoms with Gasteiger partial charge in [0.15, 0.2) is 16.5 Å². The minimum absolute atomic E-state index is 0.177. The van der Waals surface area contributed by atoms with E-state index in [2.05, 4.69) is 29.0 Å². The van der Waals surface area contributed by atoms with Crippen LogP contribution in [0, 0.1) is 13.8 Å². The average Bonchev–Trinajstić information content (AvgIpc) is 2.79. The van der Waals surface area contributed by atoms with Crippen molar-refractivity contribution in [1.29, 1.82) is 0 Å². The van der Waals surface area contributed by atoms with Gasteiger partial charge in [-0.05, 0) is 62.2 Å². The molecule has 0 fully saturated rings. The summed E-state index contributed by atoms with van der Waals surface area (Å²) < 4.78 is 18.3. The highest BCUT2D eigenvalue weighted by Crippen LogP contribution is 2.43. The third-order valence-corrected chi connectivity index (χ3v) is 7.10. The summed E-state index contributed by atoms with van der Waals surface area (Å²) in [6.07, 6.45) is 2.57. The standard InChI is InChI=1S/C24H27N3O3S/c1-16-10-11-21-22(17(16)2)27(19-8-5-13-26-24(19)31(21)29)14-6-12-25-15-18-7-4-9-20(30-3)23(18)28/h4-5,7-11,13,25,28H,6,12,14-15H2,1-3H3. The Morgan fingerprint density at radius 3 is 2.81 bits per heavy atom. The van der Waals surface area contributed by atoms with E-state index in [9.17, 15) is 9.32 Å². The fourth-order valence-electron chi connectivity index (χ4n) is 3.91. The second-order valence-electron chi connectivity index (χ2n) is 7.60. The van der Waals surface area contributed by atoms with Crippen molar-refractivity contribution in [3.63, 3.8) is 0 Å². The molecule has 0 amide bonds. The van der Waals surface area contributed by atoms with Gasteiger partial charge in [0.05, 0.1) is 23.4 Å². The van der Waals surface area contributed by atoms with Crippen LogP contribution < -0.4 is 15.0 Å². The number of phenols is 1. The molecule has 2 heterocycles. The number of ether oxygens (including phenoxy) is 1. The number of aromatic nitrogens is 1. The van der Waals surface area contributed by atoms with Gasteiger partial charge in [0, 0.05) is 24.8 Å². The Bertz CT molecular complexity index is 1130. The highest BCUT2D eigenvalue weighted by molar-refractivity contribution is 7.85. The molecule has 0 spiro atoms. The molecule has 7 heteroatoms. The van der Waals surface area contributed by atoms with Gasteiger partial charge in [-0.3, -0.25) is 0 Å². The lowest BCUT2D eigenvalue weighted by Gasteiger charge is -2.34. The molecule has 1 unspecified atom stereocenters. The number of benzene rings is 2. The lowest BCUT2D eigenvalue weighted by molar-refractivity contribution is 0.369. The Hall–Kier alpha value is -2.90. The minimum Gasteiger partial charge on any atom is -0.504 e. The SMILES string of the molecule is COc1cccc(CNCCCN2c3cccnc3S(=O)c3ccc(C)c(C)c32)c1O. The predicted molar refractivity (Wildman–Crippen MR) is 123 cm³/mol. The molecule has 1 aliphatic rings. The zero-order chi connectivity index (χ0) is 22.0. The van der Waals surface area contributed by atoms with Crippen LogP contribution in [0.25, 0.3) is 0 Å². The summed E-state index contributed by atoms with van der Waals surface area (Å²) in [5.41, 5.74) is 5.07. The van der Waals surface area contributed by atoms with Crippen LogP contribution in [0.5, 0.6) is 11.5 Å². The number of anilines is 2. The molecule has 31 heavy (non-hydrogen) atoms. The molecule has 0 aliphatic carbocycles. The van der Waals surface area contributed by atoms with E-state index in [-0.39, 0.29) is 5.75 Å². The van der Waals surface area contributed by atoms with Gasteiger partial charge in [-0.25, -0.2) is 9.19 Å². The van der Waals surface area contributed by atoms with Gasteiger partial charge in [-0.1, -0.05) is 18.2 Å². The molecule has 3 aromatic rings. The largest absolute Gasteiger partial charge is 0.504 e. The maximum absolute atomic E-state index is 13.1. The van der Waals surface area contributed by atoms with Crippen molar-refractivity contribution < 1.29 is 14.1 Å². The lowest BCUT2D eigenvalue weighted by atomic mass is 10.1. The van der Waals surface area contributed by atoms with Gasteiger partial charge in [-0.2, -0.15) is 0 Å². The van der Waals surface area contributed by atoms with E-state index in [0.717, 1.165) is 46.9 Å². The highest BCUT2D eigenvalue weighted by atomic mass is 32.2. The highest BCUT2D eigenvalue weighted by Gasteiger charge is 2.30. The molecule has 1 atom stereocenters. The Morgan fingerprint density at radius 2 is 2.00 bits per heavy atom. The topological polar surface area (TPSA) is 74.7 Å². The minimum atomic E-state index is -1.28. The van der Waals surface area contributed by atoms with Crippen LogP contribution in [0.4, 0.5) is 11.4 Å². The number of phenolic OH excluding ortho intramolecular Hbond substituents is 1. The van der Waals surface area contributed by atoms with Crippen LogP contribution in [-0.4, -0.2) is 34.5 Å². The van der Waals surface area contributed by atoms with Crippen molar-refractivity contribution >= 4 is 22.2 Å². The number of hydrogen-bond acceptors (Lipinski definition) is 6. The number of pyridine rings is 1. The Balaban J connectivity index is 1.49. The maximum Gasteiger partial charge on any atom is 0.162 e. The summed E-state index contributed by atoms with van der Waals surface area (Å²) in [5, 5.41) is 14.3. The molecule has 1 aromatic heterocycles. The molecule has 4 rings (SSSR count). The Labute approximate surface area is 185 Å². The van der Waals surface area contributed by atoms with Crippen LogP contribution in [-0.2, 0) is 17.3 Å². The second kappa shape index (κ2) is 9.08. The van der Waals surface area contributed by atoms with Gasteiger partial charge in [-0.15, -0.1) is 0 Å². The summed E-state index contributed by atoms with van der Waals surface area (Å²) in [5.74, 6) is 0.656. The fraction of sp³-hybridized carbons (Fsp3) is 0.292. The van der Waals surface area contributed by atoms with E-state index in [4.69, 9.17) is 4.74 Å². The smallest absolute Gasteiger partial charge is 0.162 e. The van der Waals surface area contributed by atoms with Gasteiger partial charge >= 0.3 is 0 Å². The van der Waals surface area contributed by atoms with Crippen molar-refractivity contribution in [2.45, 2.75) is 36.7 Å². The van der Waals surface area contributed by atoms with Crippen LogP contribution in [0.3, 0.4) is 0 Å². The fourth-order valence-corrected chi connectivity index (χ4v) is 5.27. The summed E-state index contributed by atoms with van der Waals surface area (Å²) >= 11 is 0. The number of nitrogens with zero attached hydrogens (tertiary/aromatic N) is 2. The molecule has 1 aliphatic heterocycles. The zero-order valence-corrected chi connectivity index (χ0v) is 18.8. The molecule has 0 saturated carbocycles. The van der Waals surface area contributed by atoms with Crippen molar-refractivity contribution in [3.8, 4) is 11.5 Å². The maximum atomic E-state index is 13.1. The average molecular weight is 438 g/mol. The van der Waals surface area contributed by atoms with E-state index in [0.29, 0.717) is 17.3 Å². The van der Waals surface area contributed by atoms with Crippen LogP contribution in [0.2, 0.25) is 0 Å². The normalized spacial score (nSPS) is 14.8. The van der Waals surface area contributed by atoms with Crippen molar-refractivity contribution in [1.82, 2.24) is 10.3 Å². The first kappa shape index (κ1) is 21.3. The molecule has 2 aromatic carbocycles. The van der Waals surface area contributed by atoms with Crippen molar-refractivity contribution in [3.05, 3.63) is 65.4 Å². The number of para-hydroxylation sites is 1. The first-order chi connectivity index (χ1) is 15.0. The zero-order valence-electron chi connectivity index (χ0n) is 18.0. The van der Waals surface area contributed by atoms with E-state index in [1.165, 1.54) is 5.56 Å². The van der Waals surface area contributed by atoms with Crippen molar-refractivity contribution in [2.75, 3.05) is 25.1 Å². The van der Waals surface area contributed by atoms with E-state index >= 15 is 0 Å². The van der Waals surface area contributed by atoms with Crippen LogP contribution in [0.15, 0.2) is 58.6 Å². The van der Waals surface area contributed by atoms with Crippen LogP contribution in [0.1, 0.15) is 23.1 Å². The predicted octanol–water partition coefficient (Wildman–Crippen LogP) is 4.21. The monoisotopic (exact) mass is 437 g/mol. The van der Waals surface area contributed by atoms with E-state index in [1.54, 1.807) is 19.4 Å². The Kier molecular flexibility index (Phi) is 6.25. The van der Waals surface area contributed by atoms with Gasteiger partial charge in [0.2, 0.25) is 0 Å². The first-order valence-electron chi connectivity index (χ1n) is 10.3. The van der Waals surface area contributed by atoms with E-state index < -0.39 is 10.8 Å². The van der Waals surface area contributed by atoms with Crippen LogP contribution >= 0.6 is 0 Å². The number of hydrogen-bond donors (Lipinski definition) is 2.